The monoisotopic (exact) mass is 326 g/mol. The van der Waals surface area contributed by atoms with Gasteiger partial charge in [-0.2, -0.15) is 0 Å². The van der Waals surface area contributed by atoms with Gasteiger partial charge < -0.3 is 14.6 Å². The summed E-state index contributed by atoms with van der Waals surface area (Å²) in [6.45, 7) is 1.12. The predicted molar refractivity (Wildman–Crippen MR) is 90.7 cm³/mol. The third kappa shape index (κ3) is 3.22. The Kier molecular flexibility index (Phi) is 4.74. The largest absolute Gasteiger partial charge is 0.383 e. The Balaban J connectivity index is 1.95. The van der Waals surface area contributed by atoms with Crippen LogP contribution in [0.15, 0.2) is 48.5 Å². The number of imidazole rings is 1. The highest BCUT2D eigenvalue weighted by Crippen LogP contribution is 2.25. The molecule has 0 fully saturated rings. The van der Waals surface area contributed by atoms with Crippen LogP contribution >= 0.6 is 0 Å². The van der Waals surface area contributed by atoms with E-state index in [1.54, 1.807) is 36.9 Å². The molecule has 3 N–H and O–H groups in total. The molecule has 3 rings (SSSR count). The van der Waals surface area contributed by atoms with Gasteiger partial charge in [-0.3, -0.25) is 10.0 Å². The first-order valence-corrected chi connectivity index (χ1v) is 7.48. The second-order valence-electron chi connectivity index (χ2n) is 5.21. The summed E-state index contributed by atoms with van der Waals surface area (Å²) in [5.41, 5.74) is 4.69. The van der Waals surface area contributed by atoms with E-state index in [9.17, 15) is 4.79 Å². The number of nitrogens with one attached hydrogen (secondary N) is 2. The van der Waals surface area contributed by atoms with Gasteiger partial charge in [-0.25, -0.2) is 10.5 Å². The maximum Gasteiger partial charge on any atom is 0.274 e. The molecular formula is C17H18N4O3. The normalized spacial score (nSPS) is 10.8. The number of aromatic nitrogens is 2. The van der Waals surface area contributed by atoms with Crippen molar-refractivity contribution in [2.24, 2.45) is 0 Å². The average Bonchev–Trinajstić information content (AvgIpc) is 3.05. The minimum absolute atomic E-state index is 0.373. The number of rotatable bonds is 6. The smallest absolute Gasteiger partial charge is 0.274 e. The molecule has 0 radical (unpaired) electrons. The van der Waals surface area contributed by atoms with Crippen molar-refractivity contribution >= 4 is 28.6 Å². The van der Waals surface area contributed by atoms with Crippen molar-refractivity contribution in [3.63, 3.8) is 0 Å². The summed E-state index contributed by atoms with van der Waals surface area (Å²) in [5, 5.41) is 8.70. The fourth-order valence-electron chi connectivity index (χ4n) is 2.46. The molecule has 0 saturated heterocycles. The highest BCUT2D eigenvalue weighted by molar-refractivity contribution is 5.93. The number of H-pyrrole nitrogens is 1. The number of para-hydroxylation sites is 2. The van der Waals surface area contributed by atoms with E-state index in [-0.39, 0.29) is 0 Å². The van der Waals surface area contributed by atoms with Crippen molar-refractivity contribution < 1.29 is 14.7 Å². The van der Waals surface area contributed by atoms with Crippen LogP contribution in [0, 0.1) is 0 Å². The molecule has 7 heteroatoms. The lowest BCUT2D eigenvalue weighted by Gasteiger charge is -2.21. The SMILES string of the molecule is COCCN(c1ccc(C(=O)NO)cc1)c1nc2ccccc2[nH]1. The van der Waals surface area contributed by atoms with Crippen molar-refractivity contribution in [2.45, 2.75) is 0 Å². The van der Waals surface area contributed by atoms with Gasteiger partial charge in [0.15, 0.2) is 0 Å². The van der Waals surface area contributed by atoms with E-state index in [2.05, 4.69) is 9.97 Å². The number of hydrogen-bond acceptors (Lipinski definition) is 5. The third-order valence-corrected chi connectivity index (χ3v) is 3.69. The van der Waals surface area contributed by atoms with Gasteiger partial charge in [0.1, 0.15) is 0 Å². The second kappa shape index (κ2) is 7.12. The van der Waals surface area contributed by atoms with Gasteiger partial charge in [0.25, 0.3) is 5.91 Å². The van der Waals surface area contributed by atoms with Gasteiger partial charge in [-0.15, -0.1) is 0 Å². The first kappa shape index (κ1) is 16.0. The molecule has 0 bridgehead atoms. The minimum Gasteiger partial charge on any atom is -0.383 e. The summed E-state index contributed by atoms with van der Waals surface area (Å²) in [6, 6.07) is 14.7. The lowest BCUT2D eigenvalue weighted by molar-refractivity contribution is 0.0706. The molecule has 0 aliphatic rings. The number of hydroxylamine groups is 1. The highest BCUT2D eigenvalue weighted by atomic mass is 16.5. The molecule has 0 atom stereocenters. The quantitative estimate of drug-likeness (QED) is 0.478. The van der Waals surface area contributed by atoms with Gasteiger partial charge >= 0.3 is 0 Å². The number of benzene rings is 2. The molecule has 124 valence electrons. The number of ether oxygens (including phenoxy) is 1. The lowest BCUT2D eigenvalue weighted by Crippen LogP contribution is -2.23. The number of anilines is 2. The number of carbonyl (C=O) groups is 1. The minimum atomic E-state index is -0.547. The van der Waals surface area contributed by atoms with Crippen LogP contribution in [0.2, 0.25) is 0 Å². The Morgan fingerprint density at radius 2 is 2.00 bits per heavy atom. The van der Waals surface area contributed by atoms with Crippen LogP contribution in [0.3, 0.4) is 0 Å². The summed E-state index contributed by atoms with van der Waals surface area (Å²) in [4.78, 5) is 21.3. The van der Waals surface area contributed by atoms with Gasteiger partial charge in [0, 0.05) is 24.9 Å². The zero-order valence-corrected chi connectivity index (χ0v) is 13.2. The summed E-state index contributed by atoms with van der Waals surface area (Å²) in [6.07, 6.45) is 0. The number of nitrogens with zero attached hydrogens (tertiary/aromatic N) is 2. The maximum absolute atomic E-state index is 11.4. The Bertz CT molecular complexity index is 796. The first-order chi connectivity index (χ1) is 11.7. The zero-order valence-electron chi connectivity index (χ0n) is 13.2. The summed E-state index contributed by atoms with van der Waals surface area (Å²) < 4.78 is 5.19. The van der Waals surface area contributed by atoms with Gasteiger partial charge in [-0.1, -0.05) is 12.1 Å². The van der Waals surface area contributed by atoms with E-state index >= 15 is 0 Å². The molecular weight excluding hydrogens is 308 g/mol. The fraction of sp³-hybridized carbons (Fsp3) is 0.176. The van der Waals surface area contributed by atoms with Gasteiger partial charge in [-0.05, 0) is 36.4 Å². The predicted octanol–water partition coefficient (Wildman–Crippen LogP) is 2.47. The van der Waals surface area contributed by atoms with Crippen LogP contribution in [-0.2, 0) is 4.74 Å². The Hall–Kier alpha value is -2.90. The third-order valence-electron chi connectivity index (χ3n) is 3.69. The molecule has 1 heterocycles. The van der Waals surface area contributed by atoms with E-state index < -0.39 is 5.91 Å². The molecule has 0 aliphatic carbocycles. The number of carbonyl (C=O) groups excluding carboxylic acids is 1. The summed E-state index contributed by atoms with van der Waals surface area (Å²) in [7, 11) is 1.64. The van der Waals surface area contributed by atoms with E-state index in [0.29, 0.717) is 24.7 Å². The van der Waals surface area contributed by atoms with Crippen molar-refractivity contribution in [2.75, 3.05) is 25.2 Å². The second-order valence-corrected chi connectivity index (χ2v) is 5.21. The number of amides is 1. The van der Waals surface area contributed by atoms with Crippen molar-refractivity contribution in [1.82, 2.24) is 15.4 Å². The first-order valence-electron chi connectivity index (χ1n) is 7.48. The van der Waals surface area contributed by atoms with E-state index in [1.807, 2.05) is 29.2 Å². The highest BCUT2D eigenvalue weighted by Gasteiger charge is 2.14. The molecule has 3 aromatic rings. The molecule has 1 aromatic heterocycles. The van der Waals surface area contributed by atoms with Crippen LogP contribution in [0.1, 0.15) is 10.4 Å². The summed E-state index contributed by atoms with van der Waals surface area (Å²) >= 11 is 0. The number of methoxy groups -OCH3 is 1. The Morgan fingerprint density at radius 3 is 2.67 bits per heavy atom. The molecule has 0 aliphatic heterocycles. The molecule has 0 saturated carbocycles. The van der Waals surface area contributed by atoms with Crippen LogP contribution in [-0.4, -0.2) is 41.3 Å². The number of aromatic amines is 1. The summed E-state index contributed by atoms with van der Waals surface area (Å²) in [5.74, 6) is 0.154. The van der Waals surface area contributed by atoms with Gasteiger partial charge in [0.05, 0.1) is 17.6 Å². The standard InChI is InChI=1S/C17H18N4O3/c1-24-11-10-21(13-8-6-12(7-9-13)16(22)20-23)17-18-14-4-2-3-5-15(14)19-17/h2-9,23H,10-11H2,1H3,(H,18,19)(H,20,22). The average molecular weight is 326 g/mol. The molecule has 7 nitrogen and oxygen atoms in total. The van der Waals surface area contributed by atoms with Crippen molar-refractivity contribution in [3.05, 3.63) is 54.1 Å². The fourth-order valence-corrected chi connectivity index (χ4v) is 2.46. The molecule has 0 spiro atoms. The number of hydrogen-bond donors (Lipinski definition) is 3. The topological polar surface area (TPSA) is 90.5 Å². The van der Waals surface area contributed by atoms with E-state index in [4.69, 9.17) is 9.94 Å². The lowest BCUT2D eigenvalue weighted by atomic mass is 10.2. The molecule has 24 heavy (non-hydrogen) atoms. The molecule has 1 amide bonds. The van der Waals surface area contributed by atoms with Gasteiger partial charge in [0.2, 0.25) is 5.95 Å². The van der Waals surface area contributed by atoms with Crippen molar-refractivity contribution in [3.8, 4) is 0 Å². The van der Waals surface area contributed by atoms with Crippen LogP contribution in [0.5, 0.6) is 0 Å². The number of fused-ring (bicyclic) bond motifs is 1. The molecule has 2 aromatic carbocycles. The Morgan fingerprint density at radius 1 is 1.25 bits per heavy atom. The van der Waals surface area contributed by atoms with E-state index in [0.717, 1.165) is 16.7 Å². The van der Waals surface area contributed by atoms with Crippen molar-refractivity contribution in [1.29, 1.82) is 0 Å². The van der Waals surface area contributed by atoms with E-state index in [1.165, 1.54) is 0 Å². The van der Waals surface area contributed by atoms with Crippen LogP contribution < -0.4 is 10.4 Å². The zero-order chi connectivity index (χ0) is 16.9. The maximum atomic E-state index is 11.4. The van der Waals surface area contributed by atoms with Crippen LogP contribution in [0.4, 0.5) is 11.6 Å². The van der Waals surface area contributed by atoms with Crippen LogP contribution in [0.25, 0.3) is 11.0 Å². The Labute approximate surface area is 138 Å². The molecule has 0 unspecified atom stereocenters.